The lowest BCUT2D eigenvalue weighted by Gasteiger charge is -2.39. The molecule has 3 heteroatoms. The minimum Gasteiger partial charge on any atom is -0.377 e. The SMILES string of the molecule is CCCOC1CCCN(C(C)C(C)NCC)C1. The molecule has 3 atom stereocenters. The first-order valence-corrected chi connectivity index (χ1v) is 7.28. The van der Waals surface area contributed by atoms with E-state index in [0.29, 0.717) is 18.2 Å². The minimum atomic E-state index is 0.458. The number of nitrogens with one attached hydrogen (secondary N) is 1. The second kappa shape index (κ2) is 8.06. The van der Waals surface area contributed by atoms with Gasteiger partial charge >= 0.3 is 0 Å². The first kappa shape index (κ1) is 14.9. The van der Waals surface area contributed by atoms with E-state index < -0.39 is 0 Å². The van der Waals surface area contributed by atoms with Crippen LogP contribution < -0.4 is 5.32 Å². The Morgan fingerprint density at radius 2 is 2.12 bits per heavy atom. The molecule has 1 rings (SSSR count). The summed E-state index contributed by atoms with van der Waals surface area (Å²) in [5.41, 5.74) is 0. The summed E-state index contributed by atoms with van der Waals surface area (Å²) in [5.74, 6) is 0. The van der Waals surface area contributed by atoms with Crippen LogP contribution in [0.3, 0.4) is 0 Å². The summed E-state index contributed by atoms with van der Waals surface area (Å²) in [5, 5.41) is 3.52. The topological polar surface area (TPSA) is 24.5 Å². The summed E-state index contributed by atoms with van der Waals surface area (Å²) in [6, 6.07) is 1.16. The number of likely N-dealkylation sites (tertiary alicyclic amines) is 1. The van der Waals surface area contributed by atoms with E-state index in [1.807, 2.05) is 0 Å². The minimum absolute atomic E-state index is 0.458. The summed E-state index contributed by atoms with van der Waals surface area (Å²) < 4.78 is 5.89. The van der Waals surface area contributed by atoms with Crippen LogP contribution in [-0.4, -0.2) is 49.3 Å². The molecule has 1 fully saturated rings. The van der Waals surface area contributed by atoms with Crippen LogP contribution in [0.5, 0.6) is 0 Å². The maximum absolute atomic E-state index is 5.89. The molecule has 1 aliphatic rings. The van der Waals surface area contributed by atoms with E-state index in [-0.39, 0.29) is 0 Å². The maximum Gasteiger partial charge on any atom is 0.0702 e. The summed E-state index contributed by atoms with van der Waals surface area (Å²) in [4.78, 5) is 2.58. The highest BCUT2D eigenvalue weighted by molar-refractivity contribution is 4.82. The third kappa shape index (κ3) is 4.94. The predicted octanol–water partition coefficient (Wildman–Crippen LogP) is 2.26. The zero-order valence-corrected chi connectivity index (χ0v) is 12.0. The fraction of sp³-hybridized carbons (Fsp3) is 1.00. The van der Waals surface area contributed by atoms with Crippen LogP contribution in [0.15, 0.2) is 0 Å². The summed E-state index contributed by atoms with van der Waals surface area (Å²) >= 11 is 0. The number of ether oxygens (including phenoxy) is 1. The van der Waals surface area contributed by atoms with Crippen LogP contribution >= 0.6 is 0 Å². The molecule has 102 valence electrons. The van der Waals surface area contributed by atoms with Crippen molar-refractivity contribution in [2.24, 2.45) is 0 Å². The normalized spacial score (nSPS) is 25.8. The molecule has 0 aliphatic carbocycles. The van der Waals surface area contributed by atoms with Crippen molar-refractivity contribution in [1.82, 2.24) is 10.2 Å². The Bertz CT molecular complexity index is 199. The van der Waals surface area contributed by atoms with Gasteiger partial charge in [0.15, 0.2) is 0 Å². The predicted molar refractivity (Wildman–Crippen MR) is 73.4 cm³/mol. The van der Waals surface area contributed by atoms with Crippen LogP contribution in [0, 0.1) is 0 Å². The fourth-order valence-corrected chi connectivity index (χ4v) is 2.57. The quantitative estimate of drug-likeness (QED) is 0.741. The standard InChI is InChI=1S/C14H30N2O/c1-5-10-17-14-8-7-9-16(11-14)13(4)12(3)15-6-2/h12-15H,5-11H2,1-4H3. The van der Waals surface area contributed by atoms with Crippen molar-refractivity contribution in [3.8, 4) is 0 Å². The second-order valence-electron chi connectivity index (χ2n) is 5.22. The molecular weight excluding hydrogens is 212 g/mol. The molecule has 1 heterocycles. The molecule has 1 saturated heterocycles. The van der Waals surface area contributed by atoms with E-state index in [2.05, 4.69) is 37.9 Å². The van der Waals surface area contributed by atoms with Crippen LogP contribution in [0.2, 0.25) is 0 Å². The van der Waals surface area contributed by atoms with Crippen molar-refractivity contribution in [3.63, 3.8) is 0 Å². The number of hydrogen-bond acceptors (Lipinski definition) is 3. The van der Waals surface area contributed by atoms with Crippen molar-refractivity contribution in [1.29, 1.82) is 0 Å². The number of piperidine rings is 1. The molecule has 0 spiro atoms. The molecule has 0 amide bonds. The lowest BCUT2D eigenvalue weighted by atomic mass is 10.0. The van der Waals surface area contributed by atoms with Crippen LogP contribution in [0.25, 0.3) is 0 Å². The molecule has 0 aromatic rings. The zero-order chi connectivity index (χ0) is 12.7. The van der Waals surface area contributed by atoms with Gasteiger partial charge in [0.1, 0.15) is 0 Å². The van der Waals surface area contributed by atoms with Crippen molar-refractivity contribution in [2.45, 2.75) is 65.1 Å². The van der Waals surface area contributed by atoms with Crippen LogP contribution in [0.4, 0.5) is 0 Å². The van der Waals surface area contributed by atoms with Crippen molar-refractivity contribution >= 4 is 0 Å². The van der Waals surface area contributed by atoms with Gasteiger partial charge in [0.2, 0.25) is 0 Å². The average molecular weight is 242 g/mol. The zero-order valence-electron chi connectivity index (χ0n) is 12.0. The van der Waals surface area contributed by atoms with E-state index in [9.17, 15) is 0 Å². The van der Waals surface area contributed by atoms with Gasteiger partial charge in [-0.15, -0.1) is 0 Å². The van der Waals surface area contributed by atoms with E-state index in [0.717, 1.165) is 26.1 Å². The van der Waals surface area contributed by atoms with E-state index in [4.69, 9.17) is 4.74 Å². The largest absolute Gasteiger partial charge is 0.377 e. The van der Waals surface area contributed by atoms with E-state index in [1.165, 1.54) is 19.4 Å². The number of nitrogens with zero attached hydrogens (tertiary/aromatic N) is 1. The van der Waals surface area contributed by atoms with Gasteiger partial charge in [-0.3, -0.25) is 4.90 Å². The molecule has 0 aromatic carbocycles. The highest BCUT2D eigenvalue weighted by Crippen LogP contribution is 2.17. The van der Waals surface area contributed by atoms with Crippen LogP contribution in [-0.2, 0) is 4.74 Å². The molecule has 0 radical (unpaired) electrons. The number of hydrogen-bond donors (Lipinski definition) is 1. The monoisotopic (exact) mass is 242 g/mol. The Kier molecular flexibility index (Phi) is 7.09. The van der Waals surface area contributed by atoms with Crippen molar-refractivity contribution in [2.75, 3.05) is 26.2 Å². The second-order valence-corrected chi connectivity index (χ2v) is 5.22. The first-order chi connectivity index (χ1) is 8.19. The molecule has 0 bridgehead atoms. The molecule has 3 unspecified atom stereocenters. The Morgan fingerprint density at radius 1 is 1.35 bits per heavy atom. The molecule has 1 N–H and O–H groups in total. The molecule has 3 nitrogen and oxygen atoms in total. The van der Waals surface area contributed by atoms with Gasteiger partial charge in [-0.05, 0) is 46.2 Å². The smallest absolute Gasteiger partial charge is 0.0702 e. The summed E-state index contributed by atoms with van der Waals surface area (Å²) in [7, 11) is 0. The molecule has 0 aromatic heterocycles. The van der Waals surface area contributed by atoms with Gasteiger partial charge in [-0.1, -0.05) is 13.8 Å². The Balaban J connectivity index is 2.37. The summed E-state index contributed by atoms with van der Waals surface area (Å²) in [6.07, 6.45) is 4.09. The van der Waals surface area contributed by atoms with E-state index >= 15 is 0 Å². The Labute approximate surface area is 107 Å². The fourth-order valence-electron chi connectivity index (χ4n) is 2.57. The summed E-state index contributed by atoms with van der Waals surface area (Å²) in [6.45, 7) is 13.3. The lowest BCUT2D eigenvalue weighted by molar-refractivity contribution is -0.0140. The number of likely N-dealkylation sites (N-methyl/N-ethyl adjacent to an activating group) is 1. The average Bonchev–Trinajstić information content (AvgIpc) is 2.36. The Hall–Kier alpha value is -0.120. The van der Waals surface area contributed by atoms with Crippen molar-refractivity contribution < 1.29 is 4.74 Å². The van der Waals surface area contributed by atoms with Gasteiger partial charge in [-0.25, -0.2) is 0 Å². The molecular formula is C14H30N2O. The van der Waals surface area contributed by atoms with Crippen LogP contribution in [0.1, 0.15) is 47.0 Å². The Morgan fingerprint density at radius 3 is 2.76 bits per heavy atom. The third-order valence-electron chi connectivity index (χ3n) is 3.79. The highest BCUT2D eigenvalue weighted by atomic mass is 16.5. The molecule has 0 saturated carbocycles. The van der Waals surface area contributed by atoms with Gasteiger partial charge in [0.25, 0.3) is 0 Å². The lowest BCUT2D eigenvalue weighted by Crippen LogP contribution is -2.51. The van der Waals surface area contributed by atoms with E-state index in [1.54, 1.807) is 0 Å². The molecule has 17 heavy (non-hydrogen) atoms. The highest BCUT2D eigenvalue weighted by Gasteiger charge is 2.26. The first-order valence-electron chi connectivity index (χ1n) is 7.28. The number of rotatable bonds is 7. The van der Waals surface area contributed by atoms with Gasteiger partial charge in [-0.2, -0.15) is 0 Å². The third-order valence-corrected chi connectivity index (χ3v) is 3.79. The van der Waals surface area contributed by atoms with Gasteiger partial charge in [0.05, 0.1) is 6.10 Å². The molecule has 1 aliphatic heterocycles. The maximum atomic E-state index is 5.89. The van der Waals surface area contributed by atoms with Gasteiger partial charge in [0, 0.05) is 25.2 Å². The van der Waals surface area contributed by atoms with Crippen molar-refractivity contribution in [3.05, 3.63) is 0 Å². The van der Waals surface area contributed by atoms with Gasteiger partial charge < -0.3 is 10.1 Å².